The lowest BCUT2D eigenvalue weighted by Crippen LogP contribution is -2.38. The first kappa shape index (κ1) is 25.4. The molecule has 0 amide bonds. The molecular formula is C23H27F4N5O2S. The Morgan fingerprint density at radius 2 is 1.89 bits per heavy atom. The third-order valence-corrected chi connectivity index (χ3v) is 8.14. The molecule has 1 aliphatic rings. The molecule has 2 aromatic heterocycles. The summed E-state index contributed by atoms with van der Waals surface area (Å²) >= 11 is 0. The lowest BCUT2D eigenvalue weighted by atomic mass is 9.86. The molecule has 0 spiro atoms. The van der Waals surface area contributed by atoms with Crippen molar-refractivity contribution in [3.05, 3.63) is 53.7 Å². The summed E-state index contributed by atoms with van der Waals surface area (Å²) in [5.74, 6) is -0.196. The highest BCUT2D eigenvalue weighted by Gasteiger charge is 2.31. The number of aromatic nitrogens is 3. The molecule has 0 radical (unpaired) electrons. The van der Waals surface area contributed by atoms with E-state index >= 15 is 0 Å². The zero-order valence-electron chi connectivity index (χ0n) is 19.1. The largest absolute Gasteiger partial charge is 0.416 e. The van der Waals surface area contributed by atoms with Gasteiger partial charge in [-0.1, -0.05) is 6.07 Å². The fraction of sp³-hybridized carbons (Fsp3) is 0.478. The average molecular weight is 514 g/mol. The lowest BCUT2D eigenvalue weighted by molar-refractivity contribution is -0.137. The van der Waals surface area contributed by atoms with Crippen LogP contribution in [-0.4, -0.2) is 48.8 Å². The van der Waals surface area contributed by atoms with Crippen LogP contribution in [0.5, 0.6) is 0 Å². The van der Waals surface area contributed by atoms with Crippen LogP contribution in [0.3, 0.4) is 0 Å². The van der Waals surface area contributed by atoms with Gasteiger partial charge in [0, 0.05) is 25.8 Å². The highest BCUT2D eigenvalue weighted by Crippen LogP contribution is 2.32. The molecule has 2 heterocycles. The number of anilines is 1. The highest BCUT2D eigenvalue weighted by atomic mass is 32.2. The summed E-state index contributed by atoms with van der Waals surface area (Å²) in [4.78, 5) is 13.8. The van der Waals surface area contributed by atoms with Gasteiger partial charge in [-0.3, -0.25) is 0 Å². The number of halogens is 4. The SMILES string of the molecule is CN(c1ncnc2[nH]ccc12)[C@H]1CC[C@H](CS(=O)(=O)NCCc2ccc(C(F)(F)F)cc2F)CC1. The molecule has 0 bridgehead atoms. The van der Waals surface area contributed by atoms with Gasteiger partial charge in [-0.25, -0.2) is 27.5 Å². The van der Waals surface area contributed by atoms with E-state index in [1.807, 2.05) is 19.3 Å². The van der Waals surface area contributed by atoms with Crippen LogP contribution in [0.15, 0.2) is 36.8 Å². The van der Waals surface area contributed by atoms with E-state index < -0.39 is 27.6 Å². The molecule has 190 valence electrons. The molecule has 0 unspecified atom stereocenters. The van der Waals surface area contributed by atoms with Gasteiger partial charge in [0.2, 0.25) is 10.0 Å². The number of fused-ring (bicyclic) bond motifs is 1. The second kappa shape index (κ2) is 10.1. The number of rotatable bonds is 8. The van der Waals surface area contributed by atoms with E-state index in [2.05, 4.69) is 24.6 Å². The summed E-state index contributed by atoms with van der Waals surface area (Å²) in [6.45, 7) is -0.0803. The summed E-state index contributed by atoms with van der Waals surface area (Å²) in [6.07, 6.45) is 1.80. The van der Waals surface area contributed by atoms with Crippen molar-refractivity contribution in [3.8, 4) is 0 Å². The molecule has 1 fully saturated rings. The van der Waals surface area contributed by atoms with Crippen LogP contribution in [0.4, 0.5) is 23.4 Å². The number of nitrogens with one attached hydrogen (secondary N) is 2. The molecule has 0 atom stereocenters. The van der Waals surface area contributed by atoms with Crippen molar-refractivity contribution < 1.29 is 26.0 Å². The van der Waals surface area contributed by atoms with E-state index in [4.69, 9.17) is 0 Å². The van der Waals surface area contributed by atoms with Crippen LogP contribution >= 0.6 is 0 Å². The molecule has 1 aliphatic carbocycles. The Hall–Kier alpha value is -2.73. The Balaban J connectivity index is 1.26. The van der Waals surface area contributed by atoms with Gasteiger partial charge in [0.05, 0.1) is 16.7 Å². The van der Waals surface area contributed by atoms with Gasteiger partial charge in [0.25, 0.3) is 0 Å². The van der Waals surface area contributed by atoms with E-state index in [-0.39, 0.29) is 36.2 Å². The summed E-state index contributed by atoms with van der Waals surface area (Å²) in [6, 6.07) is 4.44. The Bertz CT molecular complexity index is 1270. The van der Waals surface area contributed by atoms with Gasteiger partial charge in [-0.15, -0.1) is 0 Å². The van der Waals surface area contributed by atoms with Gasteiger partial charge in [-0.05, 0) is 61.8 Å². The van der Waals surface area contributed by atoms with Crippen molar-refractivity contribution in [2.75, 3.05) is 24.2 Å². The molecule has 7 nitrogen and oxygen atoms in total. The Morgan fingerprint density at radius 1 is 1.14 bits per heavy atom. The number of nitrogens with zero attached hydrogens (tertiary/aromatic N) is 3. The standard InChI is InChI=1S/C23H27F4N5O2S/c1-32(22-19-9-10-28-21(19)29-14-30-22)18-6-2-15(3-7-18)13-35(33,34)31-11-8-16-4-5-17(12-20(16)24)23(25,26)27/h4-5,9-10,12,14-15,18,31H,2-3,6-8,11,13H2,1H3,(H,28,29,30)/t15-,18-. The van der Waals surface area contributed by atoms with Crippen LogP contribution in [-0.2, 0) is 22.6 Å². The molecule has 2 N–H and O–H groups in total. The summed E-state index contributed by atoms with van der Waals surface area (Å²) in [5, 5.41) is 0.938. The van der Waals surface area contributed by atoms with Crippen LogP contribution in [0.2, 0.25) is 0 Å². The van der Waals surface area contributed by atoms with Gasteiger partial charge in [-0.2, -0.15) is 13.2 Å². The first-order chi connectivity index (χ1) is 16.5. The normalized spacial score (nSPS) is 19.2. The van der Waals surface area contributed by atoms with Crippen molar-refractivity contribution in [1.29, 1.82) is 0 Å². The topological polar surface area (TPSA) is 91.0 Å². The minimum Gasteiger partial charge on any atom is -0.356 e. The third-order valence-electron chi connectivity index (χ3n) is 6.58. The van der Waals surface area contributed by atoms with E-state index in [1.165, 1.54) is 6.33 Å². The average Bonchev–Trinajstić information content (AvgIpc) is 3.28. The zero-order valence-corrected chi connectivity index (χ0v) is 20.0. The minimum atomic E-state index is -4.63. The molecule has 3 aromatic rings. The molecule has 35 heavy (non-hydrogen) atoms. The number of sulfonamides is 1. The monoisotopic (exact) mass is 513 g/mol. The second-order valence-electron chi connectivity index (χ2n) is 8.95. The van der Waals surface area contributed by atoms with Crippen molar-refractivity contribution >= 4 is 26.9 Å². The van der Waals surface area contributed by atoms with Crippen LogP contribution < -0.4 is 9.62 Å². The molecule has 1 saturated carbocycles. The number of hydrogen-bond donors (Lipinski definition) is 2. The molecule has 0 aliphatic heterocycles. The first-order valence-corrected chi connectivity index (χ1v) is 13.0. The predicted octanol–water partition coefficient (Wildman–Crippen LogP) is 4.27. The molecule has 0 saturated heterocycles. The summed E-state index contributed by atoms with van der Waals surface area (Å²) < 4.78 is 79.5. The predicted molar refractivity (Wildman–Crippen MR) is 125 cm³/mol. The minimum absolute atomic E-state index is 0.00219. The Labute approximate surface area is 201 Å². The summed E-state index contributed by atoms with van der Waals surface area (Å²) in [5.41, 5.74) is -0.271. The highest BCUT2D eigenvalue weighted by molar-refractivity contribution is 7.89. The maximum Gasteiger partial charge on any atom is 0.416 e. The zero-order chi connectivity index (χ0) is 25.2. The molecule has 1 aromatic carbocycles. The van der Waals surface area contributed by atoms with Gasteiger partial charge < -0.3 is 9.88 Å². The number of alkyl halides is 3. The van der Waals surface area contributed by atoms with Gasteiger partial charge >= 0.3 is 6.18 Å². The smallest absolute Gasteiger partial charge is 0.356 e. The van der Waals surface area contributed by atoms with Crippen molar-refractivity contribution in [2.24, 2.45) is 5.92 Å². The number of benzene rings is 1. The molecule has 12 heteroatoms. The van der Waals surface area contributed by atoms with Crippen LogP contribution in [0, 0.1) is 11.7 Å². The second-order valence-corrected chi connectivity index (χ2v) is 10.8. The number of hydrogen-bond acceptors (Lipinski definition) is 5. The quantitative estimate of drug-likeness (QED) is 0.439. The fourth-order valence-electron chi connectivity index (χ4n) is 4.65. The van der Waals surface area contributed by atoms with Crippen LogP contribution in [0.25, 0.3) is 11.0 Å². The Morgan fingerprint density at radius 3 is 2.57 bits per heavy atom. The van der Waals surface area contributed by atoms with Crippen molar-refractivity contribution in [3.63, 3.8) is 0 Å². The third kappa shape index (κ3) is 6.10. The van der Waals surface area contributed by atoms with E-state index in [1.54, 1.807) is 0 Å². The maximum atomic E-state index is 14.0. The molecule has 4 rings (SSSR count). The number of H-pyrrole nitrogens is 1. The van der Waals surface area contributed by atoms with E-state index in [9.17, 15) is 26.0 Å². The first-order valence-electron chi connectivity index (χ1n) is 11.4. The maximum absolute atomic E-state index is 14.0. The van der Waals surface area contributed by atoms with Crippen molar-refractivity contribution in [2.45, 2.75) is 44.3 Å². The lowest BCUT2D eigenvalue weighted by Gasteiger charge is -2.35. The summed E-state index contributed by atoms with van der Waals surface area (Å²) in [7, 11) is -1.61. The fourth-order valence-corrected chi connectivity index (χ4v) is 6.13. The Kier molecular flexibility index (Phi) is 7.32. The van der Waals surface area contributed by atoms with E-state index in [0.29, 0.717) is 6.07 Å². The van der Waals surface area contributed by atoms with Crippen LogP contribution in [0.1, 0.15) is 36.8 Å². The van der Waals surface area contributed by atoms with Crippen molar-refractivity contribution in [1.82, 2.24) is 19.7 Å². The molecular weight excluding hydrogens is 486 g/mol. The van der Waals surface area contributed by atoms with Gasteiger partial charge in [0.1, 0.15) is 23.6 Å². The number of aromatic amines is 1. The van der Waals surface area contributed by atoms with E-state index in [0.717, 1.165) is 54.7 Å². The van der Waals surface area contributed by atoms with Gasteiger partial charge in [0.15, 0.2) is 0 Å².